The maximum Gasteiger partial charge on any atom is 0.269 e. The van der Waals surface area contributed by atoms with Gasteiger partial charge in [0.25, 0.3) is 11.4 Å². The van der Waals surface area contributed by atoms with Gasteiger partial charge in [0.05, 0.1) is 20.8 Å². The Morgan fingerprint density at radius 2 is 1.19 bits per heavy atom. The fraction of sp³-hybridized carbons (Fsp3) is 0.294. The van der Waals surface area contributed by atoms with Gasteiger partial charge >= 0.3 is 0 Å². The highest BCUT2D eigenvalue weighted by atomic mass is 32.2. The monoisotopic (exact) mass is 508 g/mol. The SMILES string of the molecule is COP(C)(=O)CSc1ccc([N+](=O)[O-])cc1.CP(=O)(O)CSc1ccc([N+](=O)[O-])cc1. The molecule has 0 saturated heterocycles. The molecule has 0 aromatic heterocycles. The summed E-state index contributed by atoms with van der Waals surface area (Å²) in [6.45, 7) is 2.84. The zero-order valence-corrected chi connectivity index (χ0v) is 20.4. The predicted octanol–water partition coefficient (Wildman–Crippen LogP) is 5.74. The zero-order chi connectivity index (χ0) is 23.7. The van der Waals surface area contributed by atoms with Crippen LogP contribution in [-0.4, -0.2) is 46.2 Å². The first-order valence-corrected chi connectivity index (χ1v) is 15.0. The molecule has 0 bridgehead atoms. The van der Waals surface area contributed by atoms with Crippen LogP contribution in [0.25, 0.3) is 0 Å². The van der Waals surface area contributed by atoms with E-state index < -0.39 is 24.6 Å². The van der Waals surface area contributed by atoms with E-state index in [2.05, 4.69) is 0 Å². The highest BCUT2D eigenvalue weighted by molar-refractivity contribution is 8.05. The lowest BCUT2D eigenvalue weighted by molar-refractivity contribution is -0.385. The summed E-state index contributed by atoms with van der Waals surface area (Å²) in [5.41, 5.74) is 0.547. The molecule has 0 amide bonds. The number of nitrogens with zero attached hydrogens (tertiary/aromatic N) is 2. The second-order valence-electron chi connectivity index (χ2n) is 6.30. The van der Waals surface area contributed by atoms with Crippen molar-refractivity contribution < 1.29 is 28.4 Å². The molecule has 2 aromatic rings. The molecule has 2 aromatic carbocycles. The van der Waals surface area contributed by atoms with Crippen LogP contribution in [0.5, 0.6) is 0 Å². The summed E-state index contributed by atoms with van der Waals surface area (Å²) < 4.78 is 27.4. The van der Waals surface area contributed by atoms with Crippen LogP contribution in [0.3, 0.4) is 0 Å². The van der Waals surface area contributed by atoms with Crippen LogP contribution in [-0.2, 0) is 13.7 Å². The summed E-state index contributed by atoms with van der Waals surface area (Å²) in [6, 6.07) is 12.0. The Hall–Kier alpha value is -1.68. The van der Waals surface area contributed by atoms with Gasteiger partial charge in [-0.3, -0.25) is 29.4 Å². The van der Waals surface area contributed by atoms with E-state index >= 15 is 0 Å². The third-order valence-electron chi connectivity index (χ3n) is 3.42. The van der Waals surface area contributed by atoms with E-state index in [1.165, 1.54) is 61.6 Å². The first-order chi connectivity index (χ1) is 14.3. The summed E-state index contributed by atoms with van der Waals surface area (Å²) in [7, 11) is -4.16. The number of hydrogen-bond acceptors (Lipinski definition) is 9. The Morgan fingerprint density at radius 3 is 1.48 bits per heavy atom. The highest BCUT2D eigenvalue weighted by Crippen LogP contribution is 2.46. The lowest BCUT2D eigenvalue weighted by atomic mass is 10.3. The zero-order valence-electron chi connectivity index (χ0n) is 16.9. The van der Waals surface area contributed by atoms with E-state index in [0.717, 1.165) is 9.79 Å². The van der Waals surface area contributed by atoms with Crippen molar-refractivity contribution in [3.8, 4) is 0 Å². The van der Waals surface area contributed by atoms with Crippen LogP contribution >= 0.6 is 38.3 Å². The Labute approximate surface area is 188 Å². The third-order valence-corrected chi connectivity index (χ3v) is 10.2. The van der Waals surface area contributed by atoms with Gasteiger partial charge in [0.15, 0.2) is 0 Å². The Morgan fingerprint density at radius 1 is 0.839 bits per heavy atom. The molecule has 170 valence electrons. The van der Waals surface area contributed by atoms with Crippen molar-refractivity contribution in [2.24, 2.45) is 0 Å². The summed E-state index contributed by atoms with van der Waals surface area (Å²) in [5.74, 6) is 0. The maximum absolute atomic E-state index is 11.6. The standard InChI is InChI=1S/C9H12NO4PS.C8H10NO4PS/c1-14-15(2,13)7-16-9-5-3-8(4-6-9)10(11)12;1-14(12,13)6-15-8-4-2-7(3-5-8)9(10)11/h3-6H,7H2,1-2H3;2-5H,6H2,1H3,(H,12,13). The molecule has 0 saturated carbocycles. The summed E-state index contributed by atoms with van der Waals surface area (Å²) in [6.07, 6.45) is 0. The van der Waals surface area contributed by atoms with Crippen LogP contribution in [0.2, 0.25) is 0 Å². The van der Waals surface area contributed by atoms with Gasteiger partial charge in [-0.25, -0.2) is 0 Å². The number of hydrogen-bond donors (Lipinski definition) is 1. The molecular weight excluding hydrogens is 486 g/mol. The molecule has 2 unspecified atom stereocenters. The van der Waals surface area contributed by atoms with E-state index in [9.17, 15) is 29.4 Å². The predicted molar refractivity (Wildman–Crippen MR) is 124 cm³/mol. The molecule has 10 nitrogen and oxygen atoms in total. The van der Waals surface area contributed by atoms with Crippen LogP contribution < -0.4 is 0 Å². The molecule has 0 aliphatic rings. The molecule has 2 rings (SSSR count). The van der Waals surface area contributed by atoms with Gasteiger partial charge in [0.2, 0.25) is 14.7 Å². The smallest absolute Gasteiger partial charge is 0.269 e. The van der Waals surface area contributed by atoms with Crippen molar-refractivity contribution in [1.29, 1.82) is 0 Å². The molecule has 0 aliphatic carbocycles. The third kappa shape index (κ3) is 11.5. The summed E-state index contributed by atoms with van der Waals surface area (Å²) in [5, 5.41) is 20.8. The number of benzene rings is 2. The molecule has 14 heteroatoms. The lowest BCUT2D eigenvalue weighted by Crippen LogP contribution is -1.88. The summed E-state index contributed by atoms with van der Waals surface area (Å²) >= 11 is 2.57. The van der Waals surface area contributed by atoms with Crippen LogP contribution in [0.4, 0.5) is 11.4 Å². The lowest BCUT2D eigenvalue weighted by Gasteiger charge is -2.09. The minimum atomic E-state index is -3.03. The molecule has 0 radical (unpaired) electrons. The first kappa shape index (κ1) is 27.4. The van der Waals surface area contributed by atoms with Gasteiger partial charge in [0.1, 0.15) is 0 Å². The average Bonchev–Trinajstić information content (AvgIpc) is 2.71. The normalized spacial score (nSPS) is 14.5. The van der Waals surface area contributed by atoms with Gasteiger partial charge in [-0.2, -0.15) is 0 Å². The van der Waals surface area contributed by atoms with Crippen molar-refractivity contribution in [1.82, 2.24) is 0 Å². The topological polar surface area (TPSA) is 150 Å². The second kappa shape index (κ2) is 12.4. The van der Waals surface area contributed by atoms with Crippen LogP contribution in [0.15, 0.2) is 58.3 Å². The van der Waals surface area contributed by atoms with E-state index in [-0.39, 0.29) is 16.9 Å². The minimum absolute atomic E-state index is 0.0167. The maximum atomic E-state index is 11.6. The molecular formula is C17H22N2O8P2S2. The van der Waals surface area contributed by atoms with Crippen molar-refractivity contribution in [2.45, 2.75) is 9.79 Å². The number of thioether (sulfide) groups is 2. The molecule has 2 atom stereocenters. The van der Waals surface area contributed by atoms with Crippen molar-refractivity contribution >= 4 is 49.6 Å². The van der Waals surface area contributed by atoms with Gasteiger partial charge in [-0.1, -0.05) is 0 Å². The van der Waals surface area contributed by atoms with Crippen molar-refractivity contribution in [3.63, 3.8) is 0 Å². The number of nitro benzene ring substituents is 2. The van der Waals surface area contributed by atoms with E-state index in [1.54, 1.807) is 30.9 Å². The second-order valence-corrected chi connectivity index (χ2v) is 14.4. The van der Waals surface area contributed by atoms with Crippen LogP contribution in [0.1, 0.15) is 0 Å². The molecule has 0 heterocycles. The number of non-ortho nitro benzene ring substituents is 2. The van der Waals surface area contributed by atoms with Gasteiger partial charge in [0, 0.05) is 54.5 Å². The van der Waals surface area contributed by atoms with Crippen molar-refractivity contribution in [3.05, 3.63) is 68.8 Å². The molecule has 0 spiro atoms. The fourth-order valence-corrected chi connectivity index (χ4v) is 5.93. The fourth-order valence-electron chi connectivity index (χ4n) is 1.77. The van der Waals surface area contributed by atoms with E-state index in [4.69, 9.17) is 9.42 Å². The van der Waals surface area contributed by atoms with Gasteiger partial charge < -0.3 is 9.42 Å². The number of rotatable bonds is 9. The summed E-state index contributed by atoms with van der Waals surface area (Å²) in [4.78, 5) is 30.5. The van der Waals surface area contributed by atoms with Crippen molar-refractivity contribution in [2.75, 3.05) is 31.4 Å². The largest absolute Gasteiger partial charge is 0.344 e. The van der Waals surface area contributed by atoms with E-state index in [0.29, 0.717) is 5.49 Å². The van der Waals surface area contributed by atoms with Gasteiger partial charge in [-0.05, 0) is 24.3 Å². The average molecular weight is 508 g/mol. The molecule has 0 fully saturated rings. The molecule has 31 heavy (non-hydrogen) atoms. The molecule has 1 N–H and O–H groups in total. The van der Waals surface area contributed by atoms with E-state index in [1.807, 2.05) is 0 Å². The Balaban J connectivity index is 0.000000311. The van der Waals surface area contributed by atoms with Gasteiger partial charge in [-0.15, -0.1) is 23.5 Å². The quantitative estimate of drug-likeness (QED) is 0.192. The number of nitro groups is 2. The highest BCUT2D eigenvalue weighted by Gasteiger charge is 2.14. The minimum Gasteiger partial charge on any atom is -0.344 e. The molecule has 0 aliphatic heterocycles. The Bertz CT molecular complexity index is 981. The Kier molecular flexibility index (Phi) is 10.9. The first-order valence-electron chi connectivity index (χ1n) is 8.49. The van der Waals surface area contributed by atoms with Crippen LogP contribution in [0, 0.1) is 20.2 Å².